The van der Waals surface area contributed by atoms with Crippen molar-refractivity contribution in [2.45, 2.75) is 13.5 Å². The number of ether oxygens (including phenoxy) is 1. The van der Waals surface area contributed by atoms with Crippen LogP contribution in [-0.4, -0.2) is 12.0 Å². The van der Waals surface area contributed by atoms with Crippen LogP contribution in [0, 0.1) is 17.0 Å². The van der Waals surface area contributed by atoms with Gasteiger partial charge in [-0.1, -0.05) is 12.1 Å². The number of aryl methyl sites for hydroxylation is 1. The molecule has 0 saturated carbocycles. The van der Waals surface area contributed by atoms with Gasteiger partial charge in [-0.15, -0.1) is 0 Å². The maximum atomic E-state index is 10.9. The third-order valence-corrected chi connectivity index (χ3v) is 3.60. The van der Waals surface area contributed by atoms with E-state index in [1.807, 2.05) is 31.3 Å². The lowest BCUT2D eigenvalue weighted by Crippen LogP contribution is -2.04. The Morgan fingerprint density at radius 3 is 2.52 bits per heavy atom. The van der Waals surface area contributed by atoms with Crippen molar-refractivity contribution in [3.05, 3.63) is 62.1 Å². The molecular formula is C15H15BrN2O3. The summed E-state index contributed by atoms with van der Waals surface area (Å²) in [6.45, 7) is 2.48. The summed E-state index contributed by atoms with van der Waals surface area (Å²) >= 11 is 3.31. The van der Waals surface area contributed by atoms with Crippen LogP contribution in [0.4, 0.5) is 5.69 Å². The molecule has 0 aliphatic carbocycles. The van der Waals surface area contributed by atoms with Crippen molar-refractivity contribution in [2.75, 3.05) is 7.05 Å². The van der Waals surface area contributed by atoms with Crippen LogP contribution in [0.15, 0.2) is 40.9 Å². The van der Waals surface area contributed by atoms with E-state index in [2.05, 4.69) is 21.2 Å². The summed E-state index contributed by atoms with van der Waals surface area (Å²) in [7, 11) is 1.89. The number of nitrogens with zero attached hydrogens (tertiary/aromatic N) is 1. The summed E-state index contributed by atoms with van der Waals surface area (Å²) < 4.78 is 6.32. The van der Waals surface area contributed by atoms with Crippen LogP contribution in [0.3, 0.4) is 0 Å². The lowest BCUT2D eigenvalue weighted by molar-refractivity contribution is -0.385. The van der Waals surface area contributed by atoms with Gasteiger partial charge in [-0.2, -0.15) is 0 Å². The van der Waals surface area contributed by atoms with Crippen LogP contribution >= 0.6 is 15.9 Å². The molecule has 0 atom stereocenters. The van der Waals surface area contributed by atoms with Gasteiger partial charge in [0.05, 0.1) is 9.40 Å². The molecule has 2 aromatic carbocycles. The van der Waals surface area contributed by atoms with E-state index in [0.29, 0.717) is 21.5 Å². The molecule has 0 aliphatic rings. The van der Waals surface area contributed by atoms with Crippen molar-refractivity contribution < 1.29 is 9.66 Å². The first kappa shape index (κ1) is 15.5. The van der Waals surface area contributed by atoms with Crippen molar-refractivity contribution in [1.82, 2.24) is 5.32 Å². The molecule has 0 radical (unpaired) electrons. The number of benzene rings is 2. The minimum absolute atomic E-state index is 0.0681. The molecule has 0 spiro atoms. The normalized spacial score (nSPS) is 10.4. The van der Waals surface area contributed by atoms with E-state index in [1.165, 1.54) is 6.07 Å². The average Bonchev–Trinajstić information content (AvgIpc) is 2.44. The van der Waals surface area contributed by atoms with E-state index < -0.39 is 4.92 Å². The summed E-state index contributed by atoms with van der Waals surface area (Å²) in [6, 6.07) is 10.8. The number of hydrogen-bond donors (Lipinski definition) is 1. The molecule has 0 aliphatic heterocycles. The number of nitro benzene ring substituents is 1. The molecule has 0 aromatic heterocycles. The molecule has 0 fully saturated rings. The summed E-state index contributed by atoms with van der Waals surface area (Å²) in [4.78, 5) is 10.5. The second-order valence-electron chi connectivity index (χ2n) is 4.60. The first-order valence-electron chi connectivity index (χ1n) is 6.37. The molecule has 0 saturated heterocycles. The second kappa shape index (κ2) is 6.69. The first-order chi connectivity index (χ1) is 10.0. The molecule has 0 amide bonds. The highest BCUT2D eigenvalue weighted by Crippen LogP contribution is 2.35. The van der Waals surface area contributed by atoms with Crippen LogP contribution in [0.25, 0.3) is 0 Å². The fraction of sp³-hybridized carbons (Fsp3) is 0.200. The van der Waals surface area contributed by atoms with Gasteiger partial charge in [-0.3, -0.25) is 10.1 Å². The van der Waals surface area contributed by atoms with E-state index in [9.17, 15) is 10.1 Å². The summed E-state index contributed by atoms with van der Waals surface area (Å²) in [6.07, 6.45) is 0. The van der Waals surface area contributed by atoms with Crippen LogP contribution < -0.4 is 10.1 Å². The SMILES string of the molecule is CNCc1ccc(Oc2cc(C)c([N+](=O)[O-])cc2Br)cc1. The fourth-order valence-corrected chi connectivity index (χ4v) is 2.34. The predicted octanol–water partition coefficient (Wildman–Crippen LogP) is 4.18. The number of rotatable bonds is 5. The second-order valence-corrected chi connectivity index (χ2v) is 5.46. The Balaban J connectivity index is 2.23. The van der Waals surface area contributed by atoms with Crippen molar-refractivity contribution in [1.29, 1.82) is 0 Å². The molecule has 0 heterocycles. The number of nitro groups is 1. The maximum Gasteiger partial charge on any atom is 0.273 e. The Labute approximate surface area is 131 Å². The fourth-order valence-electron chi connectivity index (χ4n) is 1.93. The van der Waals surface area contributed by atoms with Crippen molar-refractivity contribution in [2.24, 2.45) is 0 Å². The Hall–Kier alpha value is -1.92. The highest BCUT2D eigenvalue weighted by Gasteiger charge is 2.15. The molecule has 2 rings (SSSR count). The van der Waals surface area contributed by atoms with Crippen molar-refractivity contribution in [3.8, 4) is 11.5 Å². The smallest absolute Gasteiger partial charge is 0.273 e. The van der Waals surface area contributed by atoms with Gasteiger partial charge in [0.1, 0.15) is 11.5 Å². The summed E-state index contributed by atoms with van der Waals surface area (Å²) in [5.41, 5.74) is 1.78. The van der Waals surface area contributed by atoms with Crippen LogP contribution in [0.2, 0.25) is 0 Å². The van der Waals surface area contributed by atoms with E-state index >= 15 is 0 Å². The summed E-state index contributed by atoms with van der Waals surface area (Å²) in [5, 5.41) is 14.0. The third kappa shape index (κ3) is 3.80. The van der Waals surface area contributed by atoms with Gasteiger partial charge < -0.3 is 10.1 Å². The average molecular weight is 351 g/mol. The van der Waals surface area contributed by atoms with Gasteiger partial charge in [0, 0.05) is 18.2 Å². The predicted molar refractivity (Wildman–Crippen MR) is 84.8 cm³/mol. The van der Waals surface area contributed by atoms with Gasteiger partial charge in [0.25, 0.3) is 5.69 Å². The minimum Gasteiger partial charge on any atom is -0.456 e. The lowest BCUT2D eigenvalue weighted by Gasteiger charge is -2.10. The van der Waals surface area contributed by atoms with Gasteiger partial charge >= 0.3 is 0 Å². The number of halogens is 1. The maximum absolute atomic E-state index is 10.9. The Morgan fingerprint density at radius 1 is 1.29 bits per heavy atom. The molecule has 6 heteroatoms. The molecule has 5 nitrogen and oxygen atoms in total. The highest BCUT2D eigenvalue weighted by atomic mass is 79.9. The highest BCUT2D eigenvalue weighted by molar-refractivity contribution is 9.10. The van der Waals surface area contributed by atoms with Crippen LogP contribution in [0.5, 0.6) is 11.5 Å². The molecule has 110 valence electrons. The molecule has 1 N–H and O–H groups in total. The van der Waals surface area contributed by atoms with Gasteiger partial charge in [-0.25, -0.2) is 0 Å². The first-order valence-corrected chi connectivity index (χ1v) is 7.16. The largest absolute Gasteiger partial charge is 0.456 e. The zero-order valence-corrected chi connectivity index (χ0v) is 13.3. The summed E-state index contributed by atoms with van der Waals surface area (Å²) in [5.74, 6) is 1.24. The quantitative estimate of drug-likeness (QED) is 0.648. The van der Waals surface area contributed by atoms with Crippen LogP contribution in [0.1, 0.15) is 11.1 Å². The van der Waals surface area contributed by atoms with Crippen LogP contribution in [-0.2, 0) is 6.54 Å². The van der Waals surface area contributed by atoms with E-state index in [4.69, 9.17) is 4.74 Å². The standard InChI is InChI=1S/C15H15BrN2O3/c1-10-7-15(13(16)8-14(10)18(19)20)21-12-5-3-11(4-6-12)9-17-2/h3-8,17H,9H2,1-2H3. The van der Waals surface area contributed by atoms with Gasteiger partial charge in [0.2, 0.25) is 0 Å². The zero-order valence-electron chi connectivity index (χ0n) is 11.7. The molecule has 21 heavy (non-hydrogen) atoms. The Morgan fingerprint density at radius 2 is 1.95 bits per heavy atom. The van der Waals surface area contributed by atoms with E-state index in [0.717, 1.165) is 12.1 Å². The molecular weight excluding hydrogens is 336 g/mol. The molecule has 0 unspecified atom stereocenters. The topological polar surface area (TPSA) is 64.4 Å². The van der Waals surface area contributed by atoms with E-state index in [-0.39, 0.29) is 5.69 Å². The lowest BCUT2D eigenvalue weighted by atomic mass is 10.2. The van der Waals surface area contributed by atoms with Crippen molar-refractivity contribution >= 4 is 21.6 Å². The third-order valence-electron chi connectivity index (χ3n) is 2.98. The van der Waals surface area contributed by atoms with Crippen molar-refractivity contribution in [3.63, 3.8) is 0 Å². The Bertz CT molecular complexity index is 657. The van der Waals surface area contributed by atoms with Gasteiger partial charge in [0.15, 0.2) is 0 Å². The minimum atomic E-state index is -0.406. The Kier molecular flexibility index (Phi) is 4.93. The molecule has 0 bridgehead atoms. The van der Waals surface area contributed by atoms with Gasteiger partial charge in [-0.05, 0) is 53.7 Å². The number of nitrogens with one attached hydrogen (secondary N) is 1. The monoisotopic (exact) mass is 350 g/mol. The molecule has 2 aromatic rings. The zero-order chi connectivity index (χ0) is 15.4. The number of hydrogen-bond acceptors (Lipinski definition) is 4. The van der Waals surface area contributed by atoms with E-state index in [1.54, 1.807) is 13.0 Å².